The predicted octanol–water partition coefficient (Wildman–Crippen LogP) is 2.70. The Hall–Kier alpha value is -3.96. The average Bonchev–Trinajstić information content (AvgIpc) is 3.12. The molecule has 1 aromatic heterocycles. The molecule has 0 saturated heterocycles. The third kappa shape index (κ3) is 4.49. The van der Waals surface area contributed by atoms with Crippen LogP contribution < -0.4 is 19.6 Å². The Balaban J connectivity index is 1.84. The molecular formula is C25H21N3O4S. The Morgan fingerprint density at radius 1 is 1.21 bits per heavy atom. The largest absolute Gasteiger partial charge is 0.479 e. The summed E-state index contributed by atoms with van der Waals surface area (Å²) in [7, 11) is 0. The first-order valence-electron chi connectivity index (χ1n) is 10.4. The highest BCUT2D eigenvalue weighted by Gasteiger charge is 2.33. The van der Waals surface area contributed by atoms with Gasteiger partial charge in [-0.25, -0.2) is 9.79 Å². The molecular weight excluding hydrogens is 438 g/mol. The van der Waals surface area contributed by atoms with Crippen molar-refractivity contribution in [2.24, 2.45) is 4.99 Å². The van der Waals surface area contributed by atoms with Gasteiger partial charge in [-0.1, -0.05) is 53.8 Å². The van der Waals surface area contributed by atoms with Gasteiger partial charge >= 0.3 is 5.97 Å². The Labute approximate surface area is 194 Å². The summed E-state index contributed by atoms with van der Waals surface area (Å²) in [5.41, 5.74) is 2.28. The van der Waals surface area contributed by atoms with Crippen LogP contribution in [0.1, 0.15) is 31.0 Å². The summed E-state index contributed by atoms with van der Waals surface area (Å²) >= 11 is 1.27. The van der Waals surface area contributed by atoms with Gasteiger partial charge in [-0.05, 0) is 43.2 Å². The highest BCUT2D eigenvalue weighted by Crippen LogP contribution is 2.30. The van der Waals surface area contributed by atoms with Gasteiger partial charge in [0.25, 0.3) is 5.56 Å². The lowest BCUT2D eigenvalue weighted by atomic mass is 9.96. The highest BCUT2D eigenvalue weighted by atomic mass is 32.1. The molecule has 0 aliphatic carbocycles. The van der Waals surface area contributed by atoms with Crippen LogP contribution in [0.15, 0.2) is 75.7 Å². The van der Waals surface area contributed by atoms with Crippen molar-refractivity contribution in [3.05, 3.63) is 96.7 Å². The molecule has 1 aliphatic heterocycles. The quantitative estimate of drug-likeness (QED) is 0.529. The molecule has 0 radical (unpaired) electrons. The number of hydrogen-bond acceptors (Lipinski definition) is 7. The van der Waals surface area contributed by atoms with Crippen LogP contribution in [0.25, 0.3) is 6.08 Å². The highest BCUT2D eigenvalue weighted by molar-refractivity contribution is 7.07. The van der Waals surface area contributed by atoms with Crippen LogP contribution in [-0.2, 0) is 9.53 Å². The Morgan fingerprint density at radius 2 is 1.94 bits per heavy atom. The molecule has 1 aliphatic rings. The summed E-state index contributed by atoms with van der Waals surface area (Å²) in [5.74, 6) is 0.101. The lowest BCUT2D eigenvalue weighted by Gasteiger charge is -2.24. The zero-order valence-corrected chi connectivity index (χ0v) is 19.0. The number of hydrogen-bond donors (Lipinski definition) is 0. The molecule has 33 heavy (non-hydrogen) atoms. The number of aromatic nitrogens is 1. The Morgan fingerprint density at radius 3 is 2.61 bits per heavy atom. The summed E-state index contributed by atoms with van der Waals surface area (Å²) in [6, 6.07) is 17.8. The van der Waals surface area contributed by atoms with Crippen LogP contribution in [-0.4, -0.2) is 23.8 Å². The maximum atomic E-state index is 13.5. The van der Waals surface area contributed by atoms with Gasteiger partial charge in [0, 0.05) is 0 Å². The molecule has 0 fully saturated rings. The fourth-order valence-electron chi connectivity index (χ4n) is 3.67. The predicted molar refractivity (Wildman–Crippen MR) is 124 cm³/mol. The summed E-state index contributed by atoms with van der Waals surface area (Å²) < 4.78 is 12.6. The summed E-state index contributed by atoms with van der Waals surface area (Å²) in [6.45, 7) is 3.71. The number of rotatable bonds is 6. The fraction of sp³-hybridized carbons (Fsp3) is 0.200. The number of carbonyl (C=O) groups is 1. The molecule has 0 N–H and O–H groups in total. The summed E-state index contributed by atoms with van der Waals surface area (Å²) in [6.07, 6.45) is 1.78. The van der Waals surface area contributed by atoms with E-state index in [9.17, 15) is 9.59 Å². The topological polar surface area (TPSA) is 93.7 Å². The second-order valence-electron chi connectivity index (χ2n) is 7.23. The molecule has 1 atom stereocenters. The molecule has 0 amide bonds. The van der Waals surface area contributed by atoms with Crippen molar-refractivity contribution >= 4 is 23.4 Å². The molecule has 7 nitrogen and oxygen atoms in total. The average molecular weight is 460 g/mol. The molecule has 0 unspecified atom stereocenters. The van der Waals surface area contributed by atoms with E-state index in [0.29, 0.717) is 26.4 Å². The van der Waals surface area contributed by atoms with Gasteiger partial charge in [0.15, 0.2) is 11.4 Å². The monoisotopic (exact) mass is 459 g/mol. The zero-order valence-electron chi connectivity index (χ0n) is 18.1. The normalized spacial score (nSPS) is 15.4. The van der Waals surface area contributed by atoms with E-state index in [0.717, 1.165) is 11.1 Å². The number of esters is 1. The third-order valence-corrected chi connectivity index (χ3v) is 6.10. The first kappa shape index (κ1) is 22.2. The van der Waals surface area contributed by atoms with E-state index in [2.05, 4.69) is 4.99 Å². The number of carbonyl (C=O) groups excluding carboxylic acids is 1. The maximum absolute atomic E-state index is 13.5. The van der Waals surface area contributed by atoms with Gasteiger partial charge in [0.1, 0.15) is 11.8 Å². The molecule has 2 heterocycles. The molecule has 0 spiro atoms. The number of allylic oxidation sites excluding steroid dienone is 1. The summed E-state index contributed by atoms with van der Waals surface area (Å²) in [5, 5.41) is 8.63. The maximum Gasteiger partial charge on any atom is 0.338 e. The summed E-state index contributed by atoms with van der Waals surface area (Å²) in [4.78, 5) is 31.4. The van der Waals surface area contributed by atoms with Crippen molar-refractivity contribution in [3.63, 3.8) is 0 Å². The van der Waals surface area contributed by atoms with Gasteiger partial charge in [-0.2, -0.15) is 5.26 Å². The van der Waals surface area contributed by atoms with Crippen molar-refractivity contribution in [3.8, 4) is 11.8 Å². The zero-order chi connectivity index (χ0) is 23.4. The van der Waals surface area contributed by atoms with Crippen molar-refractivity contribution in [2.75, 3.05) is 13.2 Å². The molecule has 4 rings (SSSR count). The van der Waals surface area contributed by atoms with Crippen LogP contribution >= 0.6 is 11.3 Å². The molecule has 0 saturated carbocycles. The number of fused-ring (bicyclic) bond motifs is 1. The van der Waals surface area contributed by atoms with Gasteiger partial charge in [0.2, 0.25) is 0 Å². The molecule has 0 bridgehead atoms. The van der Waals surface area contributed by atoms with E-state index in [1.165, 1.54) is 11.3 Å². The first-order chi connectivity index (χ1) is 16.0. The lowest BCUT2D eigenvalue weighted by Crippen LogP contribution is -2.39. The second kappa shape index (κ2) is 9.67. The van der Waals surface area contributed by atoms with Gasteiger partial charge in [0.05, 0.1) is 28.5 Å². The Kier molecular flexibility index (Phi) is 6.52. The molecule has 8 heteroatoms. The number of ether oxygens (including phenoxy) is 2. The molecule has 166 valence electrons. The molecule has 2 aromatic carbocycles. The smallest absolute Gasteiger partial charge is 0.338 e. The molecule has 3 aromatic rings. The van der Waals surface area contributed by atoms with Crippen molar-refractivity contribution in [2.45, 2.75) is 19.9 Å². The van der Waals surface area contributed by atoms with E-state index in [-0.39, 0.29) is 18.8 Å². The van der Waals surface area contributed by atoms with Gasteiger partial charge in [-0.15, -0.1) is 0 Å². The van der Waals surface area contributed by atoms with Crippen LogP contribution in [0.4, 0.5) is 0 Å². The van der Waals surface area contributed by atoms with E-state index < -0.39 is 12.0 Å². The van der Waals surface area contributed by atoms with Gasteiger partial charge in [-0.3, -0.25) is 9.36 Å². The van der Waals surface area contributed by atoms with Crippen LogP contribution in [0.5, 0.6) is 5.75 Å². The van der Waals surface area contributed by atoms with Crippen LogP contribution in [0.3, 0.4) is 0 Å². The number of benzene rings is 2. The third-order valence-electron chi connectivity index (χ3n) is 5.11. The van der Waals surface area contributed by atoms with Gasteiger partial charge < -0.3 is 9.47 Å². The van der Waals surface area contributed by atoms with E-state index in [1.807, 2.05) is 48.5 Å². The minimum Gasteiger partial charge on any atom is -0.479 e. The van der Waals surface area contributed by atoms with Crippen LogP contribution in [0.2, 0.25) is 0 Å². The minimum absolute atomic E-state index is 0.0282. The SMILES string of the molecule is CCOC(=O)C1=C(C)N=c2s/c(=C/c3ccc(OCC#N)cc3)c(=O)n2[C@H]1c1ccccc1. The minimum atomic E-state index is -0.620. The van der Waals surface area contributed by atoms with Crippen molar-refractivity contribution < 1.29 is 14.3 Å². The standard InChI is InChI=1S/C25H21N3O4S/c1-3-31-24(30)21-16(2)27-25-28(22(21)18-7-5-4-6-8-18)23(29)20(33-25)15-17-9-11-19(12-10-17)32-14-13-26/h4-12,15,22H,3,14H2,1-2H3/b20-15+/t22-/m0/s1. The van der Waals surface area contributed by atoms with Crippen molar-refractivity contribution in [1.82, 2.24) is 4.57 Å². The van der Waals surface area contributed by atoms with E-state index in [1.54, 1.807) is 36.6 Å². The van der Waals surface area contributed by atoms with E-state index in [4.69, 9.17) is 14.7 Å². The first-order valence-corrected chi connectivity index (χ1v) is 11.2. The fourth-order valence-corrected chi connectivity index (χ4v) is 4.72. The van der Waals surface area contributed by atoms with Crippen LogP contribution in [0, 0.1) is 11.3 Å². The lowest BCUT2D eigenvalue weighted by molar-refractivity contribution is -0.139. The Bertz CT molecular complexity index is 1430. The van der Waals surface area contributed by atoms with E-state index >= 15 is 0 Å². The number of nitrogens with zero attached hydrogens (tertiary/aromatic N) is 3. The number of nitriles is 1. The second-order valence-corrected chi connectivity index (χ2v) is 8.24. The van der Waals surface area contributed by atoms with Crippen molar-refractivity contribution in [1.29, 1.82) is 5.26 Å². The number of thiazole rings is 1.